The van der Waals surface area contributed by atoms with E-state index in [1.165, 1.54) is 81.8 Å². The van der Waals surface area contributed by atoms with Gasteiger partial charge in [0.05, 0.1) is 16.6 Å². The highest BCUT2D eigenvalue weighted by Crippen LogP contribution is 2.41. The average Bonchev–Trinajstić information content (AvgIpc) is 3.67. The van der Waals surface area contributed by atoms with Crippen LogP contribution in [0.5, 0.6) is 0 Å². The van der Waals surface area contributed by atoms with Crippen molar-refractivity contribution in [3.8, 4) is 22.5 Å². The van der Waals surface area contributed by atoms with Gasteiger partial charge in [-0.2, -0.15) is 0 Å². The highest BCUT2D eigenvalue weighted by atomic mass is 15.0. The van der Waals surface area contributed by atoms with Gasteiger partial charge in [0.2, 0.25) is 0 Å². The van der Waals surface area contributed by atoms with Crippen molar-refractivity contribution in [3.63, 3.8) is 0 Å². The van der Waals surface area contributed by atoms with Gasteiger partial charge in [-0.1, -0.05) is 115 Å². The van der Waals surface area contributed by atoms with Crippen LogP contribution in [-0.2, 0) is 0 Å². The molecule has 0 atom stereocenters. The fraction of sp³-hybridized carbons (Fsp3) is 0. The number of nitrogens with zero attached hydrogens (tertiary/aromatic N) is 2. The summed E-state index contributed by atoms with van der Waals surface area (Å²) in [6.07, 6.45) is 2.21. The third-order valence-corrected chi connectivity index (χ3v) is 9.48. The highest BCUT2D eigenvalue weighted by molar-refractivity contribution is 6.25. The van der Waals surface area contributed by atoms with E-state index in [1.807, 2.05) is 0 Å². The molecule has 2 aromatic heterocycles. The predicted octanol–water partition coefficient (Wildman–Crippen LogP) is 11.3. The second-order valence-corrected chi connectivity index (χ2v) is 11.8. The smallest absolute Gasteiger partial charge is 0.0788 e. The minimum atomic E-state index is 1.15. The Hall–Kier alpha value is -5.86. The summed E-state index contributed by atoms with van der Waals surface area (Å²) < 4.78 is 4.77. The first-order chi connectivity index (χ1) is 21.8. The minimum Gasteiger partial charge on any atom is -0.315 e. The minimum absolute atomic E-state index is 1.15. The summed E-state index contributed by atoms with van der Waals surface area (Å²) >= 11 is 0. The van der Waals surface area contributed by atoms with Crippen LogP contribution in [0.3, 0.4) is 0 Å². The highest BCUT2D eigenvalue weighted by Gasteiger charge is 2.18. The Morgan fingerprint density at radius 3 is 1.89 bits per heavy atom. The molecule has 10 rings (SSSR count). The molecule has 44 heavy (non-hydrogen) atoms. The van der Waals surface area contributed by atoms with Gasteiger partial charge in [-0.25, -0.2) is 0 Å². The molecule has 0 aliphatic carbocycles. The standard InChI is InChI=1S/C42H26N2/c1-2-9-33(10-3-1)44-38-12-5-4-11-35(38)37-24-19-31-25-26-43(41(31)42(37)44)32-20-15-27(16-21-32)34-22-17-30-14-13-28-7-6-8-29-18-23-36(34)40(30)39(28)29/h1-26H. The summed E-state index contributed by atoms with van der Waals surface area (Å²) in [7, 11) is 0. The molecule has 204 valence electrons. The molecule has 0 amide bonds. The summed E-state index contributed by atoms with van der Waals surface area (Å²) in [6, 6.07) is 55.5. The van der Waals surface area contributed by atoms with Crippen LogP contribution in [0.1, 0.15) is 0 Å². The molecule has 0 bridgehead atoms. The zero-order valence-electron chi connectivity index (χ0n) is 23.9. The van der Waals surface area contributed by atoms with Crippen LogP contribution in [-0.4, -0.2) is 9.13 Å². The van der Waals surface area contributed by atoms with Crippen LogP contribution in [0.25, 0.3) is 87.5 Å². The molecule has 2 nitrogen and oxygen atoms in total. The second kappa shape index (κ2) is 8.82. The largest absolute Gasteiger partial charge is 0.315 e. The molecule has 8 aromatic carbocycles. The van der Waals surface area contributed by atoms with Gasteiger partial charge < -0.3 is 9.13 Å². The molecule has 10 aromatic rings. The maximum atomic E-state index is 2.42. The van der Waals surface area contributed by atoms with Crippen LogP contribution in [0.4, 0.5) is 0 Å². The van der Waals surface area contributed by atoms with E-state index >= 15 is 0 Å². The Kier molecular flexibility index (Phi) is 4.75. The van der Waals surface area contributed by atoms with Crippen LogP contribution in [0.2, 0.25) is 0 Å². The molecule has 0 saturated heterocycles. The maximum absolute atomic E-state index is 2.42. The summed E-state index contributed by atoms with van der Waals surface area (Å²) in [5, 5.41) is 11.7. The van der Waals surface area contributed by atoms with Crippen molar-refractivity contribution in [2.75, 3.05) is 0 Å². The van der Waals surface area contributed by atoms with Crippen molar-refractivity contribution < 1.29 is 0 Å². The number of para-hydroxylation sites is 2. The zero-order valence-corrected chi connectivity index (χ0v) is 23.9. The number of fused-ring (bicyclic) bond motifs is 5. The predicted molar refractivity (Wildman–Crippen MR) is 187 cm³/mol. The maximum Gasteiger partial charge on any atom is 0.0788 e. The third kappa shape index (κ3) is 3.20. The van der Waals surface area contributed by atoms with E-state index in [2.05, 4.69) is 167 Å². The van der Waals surface area contributed by atoms with E-state index < -0.39 is 0 Å². The van der Waals surface area contributed by atoms with Gasteiger partial charge in [-0.3, -0.25) is 0 Å². The summed E-state index contributed by atoms with van der Waals surface area (Å²) in [6.45, 7) is 0. The topological polar surface area (TPSA) is 9.86 Å². The number of benzene rings is 8. The van der Waals surface area contributed by atoms with E-state index in [-0.39, 0.29) is 0 Å². The summed E-state index contributed by atoms with van der Waals surface area (Å²) in [4.78, 5) is 0. The molecule has 2 heteroatoms. The van der Waals surface area contributed by atoms with E-state index in [9.17, 15) is 0 Å². The Balaban J connectivity index is 1.18. The fourth-order valence-corrected chi connectivity index (χ4v) is 7.52. The lowest BCUT2D eigenvalue weighted by molar-refractivity contribution is 1.12. The Morgan fingerprint density at radius 2 is 1.05 bits per heavy atom. The van der Waals surface area contributed by atoms with Gasteiger partial charge in [-0.05, 0) is 79.8 Å². The molecule has 0 N–H and O–H groups in total. The normalized spacial score (nSPS) is 12.1. The monoisotopic (exact) mass is 558 g/mol. The van der Waals surface area contributed by atoms with Crippen molar-refractivity contribution in [2.24, 2.45) is 0 Å². The molecule has 0 aliphatic heterocycles. The number of hydrogen-bond acceptors (Lipinski definition) is 0. The van der Waals surface area contributed by atoms with Crippen molar-refractivity contribution in [3.05, 3.63) is 158 Å². The van der Waals surface area contributed by atoms with E-state index in [0.29, 0.717) is 0 Å². The Bertz CT molecular complexity index is 2670. The van der Waals surface area contributed by atoms with Gasteiger partial charge in [-0.15, -0.1) is 0 Å². The Labute approximate surface area is 254 Å². The van der Waals surface area contributed by atoms with E-state index in [0.717, 1.165) is 5.69 Å². The lowest BCUT2D eigenvalue weighted by Crippen LogP contribution is -1.97. The van der Waals surface area contributed by atoms with Crippen molar-refractivity contribution >= 4 is 65.0 Å². The van der Waals surface area contributed by atoms with Gasteiger partial charge in [0.15, 0.2) is 0 Å². The molecule has 0 saturated carbocycles. The van der Waals surface area contributed by atoms with Crippen LogP contribution < -0.4 is 0 Å². The van der Waals surface area contributed by atoms with Gasteiger partial charge >= 0.3 is 0 Å². The first-order valence-electron chi connectivity index (χ1n) is 15.2. The van der Waals surface area contributed by atoms with Gasteiger partial charge in [0.1, 0.15) is 0 Å². The van der Waals surface area contributed by atoms with E-state index in [1.54, 1.807) is 0 Å². The van der Waals surface area contributed by atoms with Crippen LogP contribution >= 0.6 is 0 Å². The van der Waals surface area contributed by atoms with Crippen molar-refractivity contribution in [1.29, 1.82) is 0 Å². The molecular weight excluding hydrogens is 532 g/mol. The van der Waals surface area contributed by atoms with Crippen LogP contribution in [0, 0.1) is 0 Å². The number of rotatable bonds is 3. The lowest BCUT2D eigenvalue weighted by Gasteiger charge is -2.15. The SMILES string of the molecule is c1ccc(-n2c3ccccc3c3ccc4ccn(-c5ccc(-c6ccc7ccc8cccc9ccc6c7c89)cc5)c4c32)cc1. The first kappa shape index (κ1) is 23.7. The van der Waals surface area contributed by atoms with Gasteiger partial charge in [0, 0.05) is 33.7 Å². The van der Waals surface area contributed by atoms with E-state index in [4.69, 9.17) is 0 Å². The molecule has 0 spiro atoms. The first-order valence-corrected chi connectivity index (χ1v) is 15.2. The molecule has 0 aliphatic rings. The fourth-order valence-electron chi connectivity index (χ4n) is 7.52. The van der Waals surface area contributed by atoms with Crippen LogP contribution in [0.15, 0.2) is 158 Å². The molecular formula is C42H26N2. The molecule has 2 heterocycles. The molecule has 0 radical (unpaired) electrons. The van der Waals surface area contributed by atoms with Crippen molar-refractivity contribution in [2.45, 2.75) is 0 Å². The summed E-state index contributed by atoms with van der Waals surface area (Å²) in [5.74, 6) is 0. The average molecular weight is 559 g/mol. The second-order valence-electron chi connectivity index (χ2n) is 11.8. The molecule has 0 unspecified atom stereocenters. The molecule has 0 fully saturated rings. The number of aromatic nitrogens is 2. The Morgan fingerprint density at radius 1 is 0.364 bits per heavy atom. The summed E-state index contributed by atoms with van der Waals surface area (Å²) in [5.41, 5.74) is 8.49. The lowest BCUT2D eigenvalue weighted by atomic mass is 9.90. The quantitative estimate of drug-likeness (QED) is 0.191. The van der Waals surface area contributed by atoms with Crippen molar-refractivity contribution in [1.82, 2.24) is 9.13 Å². The third-order valence-electron chi connectivity index (χ3n) is 9.48. The zero-order chi connectivity index (χ0) is 28.8. The van der Waals surface area contributed by atoms with Gasteiger partial charge in [0.25, 0.3) is 0 Å². The number of hydrogen-bond donors (Lipinski definition) is 0.